The van der Waals surface area contributed by atoms with Crippen LogP contribution in [0.1, 0.15) is 43.2 Å². The fourth-order valence-corrected chi connectivity index (χ4v) is 3.53. The lowest BCUT2D eigenvalue weighted by atomic mass is 10.0. The van der Waals surface area contributed by atoms with Crippen molar-refractivity contribution in [3.8, 4) is 5.75 Å². The minimum atomic E-state index is 0.156. The van der Waals surface area contributed by atoms with E-state index in [9.17, 15) is 4.79 Å². The minimum absolute atomic E-state index is 0.156. The molecule has 2 aromatic rings. The third-order valence-corrected chi connectivity index (χ3v) is 5.23. The predicted molar refractivity (Wildman–Crippen MR) is 113 cm³/mol. The number of aromatic nitrogens is 1. The first-order chi connectivity index (χ1) is 13.6. The summed E-state index contributed by atoms with van der Waals surface area (Å²) in [6, 6.07) is 12.5. The molecule has 1 aromatic heterocycles. The molecule has 150 valence electrons. The number of aryl methyl sites for hydroxylation is 2. The second-order valence-electron chi connectivity index (χ2n) is 7.59. The molecule has 1 N–H and O–H groups in total. The zero-order valence-corrected chi connectivity index (χ0v) is 17.0. The summed E-state index contributed by atoms with van der Waals surface area (Å²) in [6.45, 7) is 6.65. The zero-order chi connectivity index (χ0) is 19.8. The maximum Gasteiger partial charge on any atom is 0.220 e. The van der Waals surface area contributed by atoms with Crippen LogP contribution in [-0.2, 0) is 4.79 Å². The maximum absolute atomic E-state index is 12.2. The summed E-state index contributed by atoms with van der Waals surface area (Å²) in [6.07, 6.45) is 6.07. The fraction of sp³-hybridized carbons (Fsp3) is 0.478. The Morgan fingerprint density at radius 3 is 2.75 bits per heavy atom. The molecule has 0 aliphatic carbocycles. The lowest BCUT2D eigenvalue weighted by Gasteiger charge is -2.33. The van der Waals surface area contributed by atoms with E-state index < -0.39 is 0 Å². The molecule has 0 bridgehead atoms. The van der Waals surface area contributed by atoms with Crippen molar-refractivity contribution in [2.24, 2.45) is 0 Å². The summed E-state index contributed by atoms with van der Waals surface area (Å²) in [5.74, 6) is 2.13. The average molecular weight is 382 g/mol. The van der Waals surface area contributed by atoms with Crippen LogP contribution >= 0.6 is 0 Å². The van der Waals surface area contributed by atoms with Gasteiger partial charge in [0.25, 0.3) is 0 Å². The Balaban J connectivity index is 1.29. The monoisotopic (exact) mass is 381 g/mol. The van der Waals surface area contributed by atoms with Crippen molar-refractivity contribution in [1.82, 2.24) is 10.3 Å². The van der Waals surface area contributed by atoms with Crippen LogP contribution < -0.4 is 15.0 Å². The highest BCUT2D eigenvalue weighted by Gasteiger charge is 2.21. The molecule has 0 radical (unpaired) electrons. The van der Waals surface area contributed by atoms with Crippen molar-refractivity contribution in [3.05, 3.63) is 53.7 Å². The number of anilines is 1. The van der Waals surface area contributed by atoms with Crippen LogP contribution in [0.2, 0.25) is 0 Å². The topological polar surface area (TPSA) is 54.5 Å². The van der Waals surface area contributed by atoms with Crippen molar-refractivity contribution in [2.45, 2.75) is 52.0 Å². The third kappa shape index (κ3) is 5.98. The number of hydrogen-bond acceptors (Lipinski definition) is 4. The molecule has 0 spiro atoms. The van der Waals surface area contributed by atoms with Crippen molar-refractivity contribution in [2.75, 3.05) is 24.6 Å². The standard InChI is InChI=1S/C23H31N3O2/c1-18-9-10-19(2)21(17-18)28-16-6-4-8-23(27)25-20-11-14-26(15-12-20)22-7-3-5-13-24-22/h3,5,7,9-10,13,17,20H,4,6,8,11-12,14-16H2,1-2H3,(H,25,27). The Bertz CT molecular complexity index is 756. The average Bonchev–Trinajstić information content (AvgIpc) is 2.71. The molecule has 1 aliphatic heterocycles. The quantitative estimate of drug-likeness (QED) is 0.702. The number of nitrogens with zero attached hydrogens (tertiary/aromatic N) is 2. The molecule has 2 heterocycles. The van der Waals surface area contributed by atoms with Gasteiger partial charge in [-0.1, -0.05) is 18.2 Å². The van der Waals surface area contributed by atoms with Crippen molar-refractivity contribution in [3.63, 3.8) is 0 Å². The molecule has 0 saturated carbocycles. The molecule has 1 amide bonds. The molecule has 5 heteroatoms. The van der Waals surface area contributed by atoms with E-state index in [1.165, 1.54) is 5.56 Å². The number of nitrogens with one attached hydrogen (secondary N) is 1. The van der Waals surface area contributed by atoms with Crippen LogP contribution in [0.3, 0.4) is 0 Å². The molecule has 5 nitrogen and oxygen atoms in total. The van der Waals surface area contributed by atoms with Gasteiger partial charge in [0.1, 0.15) is 11.6 Å². The Morgan fingerprint density at radius 1 is 1.18 bits per heavy atom. The van der Waals surface area contributed by atoms with Crippen molar-refractivity contribution in [1.29, 1.82) is 0 Å². The minimum Gasteiger partial charge on any atom is -0.493 e. The van der Waals surface area contributed by atoms with Gasteiger partial charge in [0.2, 0.25) is 5.91 Å². The number of rotatable bonds is 8. The van der Waals surface area contributed by atoms with E-state index in [0.717, 1.165) is 55.9 Å². The third-order valence-electron chi connectivity index (χ3n) is 5.23. The number of ether oxygens (including phenoxy) is 1. The SMILES string of the molecule is Cc1ccc(C)c(OCCCCC(=O)NC2CCN(c3ccccn3)CC2)c1. The molecule has 1 saturated heterocycles. The van der Waals surface area contributed by atoms with E-state index in [2.05, 4.69) is 47.2 Å². The van der Waals surface area contributed by atoms with Gasteiger partial charge < -0.3 is 15.0 Å². The van der Waals surface area contributed by atoms with Gasteiger partial charge in [0.05, 0.1) is 6.61 Å². The Labute approximate surface area is 168 Å². The van der Waals surface area contributed by atoms with E-state index in [1.807, 2.05) is 24.4 Å². The molecule has 1 aliphatic rings. The smallest absolute Gasteiger partial charge is 0.220 e. The molecule has 1 fully saturated rings. The van der Waals surface area contributed by atoms with Gasteiger partial charge in [0.15, 0.2) is 0 Å². The maximum atomic E-state index is 12.2. The second-order valence-corrected chi connectivity index (χ2v) is 7.59. The van der Waals surface area contributed by atoms with Crippen LogP contribution in [0.5, 0.6) is 5.75 Å². The lowest BCUT2D eigenvalue weighted by molar-refractivity contribution is -0.122. The van der Waals surface area contributed by atoms with Crippen LogP contribution in [0, 0.1) is 13.8 Å². The largest absolute Gasteiger partial charge is 0.493 e. The van der Waals surface area contributed by atoms with Gasteiger partial charge in [0, 0.05) is 31.7 Å². The summed E-state index contributed by atoms with van der Waals surface area (Å²) < 4.78 is 5.86. The highest BCUT2D eigenvalue weighted by Crippen LogP contribution is 2.20. The number of pyridine rings is 1. The van der Waals surface area contributed by atoms with E-state index in [-0.39, 0.29) is 11.9 Å². The first-order valence-electron chi connectivity index (χ1n) is 10.3. The van der Waals surface area contributed by atoms with Crippen LogP contribution in [0.25, 0.3) is 0 Å². The van der Waals surface area contributed by atoms with Gasteiger partial charge >= 0.3 is 0 Å². The molecule has 28 heavy (non-hydrogen) atoms. The fourth-order valence-electron chi connectivity index (χ4n) is 3.53. The van der Waals surface area contributed by atoms with Crippen LogP contribution in [0.4, 0.5) is 5.82 Å². The van der Waals surface area contributed by atoms with Crippen molar-refractivity contribution >= 4 is 11.7 Å². The van der Waals surface area contributed by atoms with E-state index in [1.54, 1.807) is 0 Å². The van der Waals surface area contributed by atoms with Gasteiger partial charge in [-0.25, -0.2) is 4.98 Å². The molecule has 1 aromatic carbocycles. The van der Waals surface area contributed by atoms with Crippen LogP contribution in [0.15, 0.2) is 42.6 Å². The zero-order valence-electron chi connectivity index (χ0n) is 17.0. The molecular weight excluding hydrogens is 350 g/mol. The Hall–Kier alpha value is -2.56. The van der Waals surface area contributed by atoms with Gasteiger partial charge in [-0.3, -0.25) is 4.79 Å². The number of piperidine rings is 1. The summed E-state index contributed by atoms with van der Waals surface area (Å²) in [5, 5.41) is 3.19. The first-order valence-corrected chi connectivity index (χ1v) is 10.3. The first kappa shape index (κ1) is 20.2. The number of unbranched alkanes of at least 4 members (excludes halogenated alkanes) is 1. The number of amides is 1. The predicted octanol–water partition coefficient (Wildman–Crippen LogP) is 4.03. The van der Waals surface area contributed by atoms with Crippen LogP contribution in [-0.4, -0.2) is 36.6 Å². The Morgan fingerprint density at radius 2 is 2.00 bits per heavy atom. The lowest BCUT2D eigenvalue weighted by Crippen LogP contribution is -2.44. The highest BCUT2D eigenvalue weighted by atomic mass is 16.5. The van der Waals surface area contributed by atoms with E-state index in [4.69, 9.17) is 4.74 Å². The molecule has 0 unspecified atom stereocenters. The summed E-state index contributed by atoms with van der Waals surface area (Å²) in [4.78, 5) is 18.9. The summed E-state index contributed by atoms with van der Waals surface area (Å²) >= 11 is 0. The van der Waals surface area contributed by atoms with E-state index >= 15 is 0 Å². The number of benzene rings is 1. The molecule has 0 atom stereocenters. The molecular formula is C23H31N3O2. The second kappa shape index (κ2) is 10.1. The molecule has 3 rings (SSSR count). The number of carbonyl (C=O) groups is 1. The van der Waals surface area contributed by atoms with Gasteiger partial charge in [-0.2, -0.15) is 0 Å². The van der Waals surface area contributed by atoms with Gasteiger partial charge in [-0.05, 0) is 68.9 Å². The van der Waals surface area contributed by atoms with Gasteiger partial charge in [-0.15, -0.1) is 0 Å². The van der Waals surface area contributed by atoms with E-state index in [0.29, 0.717) is 13.0 Å². The van der Waals surface area contributed by atoms with Crippen molar-refractivity contribution < 1.29 is 9.53 Å². The summed E-state index contributed by atoms with van der Waals surface area (Å²) in [7, 11) is 0. The number of hydrogen-bond donors (Lipinski definition) is 1. The number of carbonyl (C=O) groups excluding carboxylic acids is 1. The highest BCUT2D eigenvalue weighted by molar-refractivity contribution is 5.76. The normalized spacial score (nSPS) is 14.7. The summed E-state index contributed by atoms with van der Waals surface area (Å²) in [5.41, 5.74) is 2.36. The Kier molecular flexibility index (Phi) is 7.29.